The molecule has 0 unspecified atom stereocenters. The molecule has 2 aliphatic heterocycles. The number of thiazole rings is 2. The molecule has 2 atom stereocenters. The molecule has 0 bridgehead atoms. The third-order valence-electron chi connectivity index (χ3n) is 4.46. The molecule has 168 valence electrons. The second kappa shape index (κ2) is 9.13. The summed E-state index contributed by atoms with van der Waals surface area (Å²) < 4.78 is 5.64. The van der Waals surface area contributed by atoms with E-state index >= 15 is 0 Å². The lowest BCUT2D eigenvalue weighted by atomic mass is 10.0. The van der Waals surface area contributed by atoms with Crippen molar-refractivity contribution in [1.82, 2.24) is 20.2 Å². The fourth-order valence-electron chi connectivity index (χ4n) is 3.07. The number of hydrogen-bond acceptors (Lipinski definition) is 12. The van der Waals surface area contributed by atoms with Gasteiger partial charge in [0.1, 0.15) is 36.6 Å². The third-order valence-corrected chi connectivity index (χ3v) is 7.03. The Labute approximate surface area is 193 Å². The van der Waals surface area contributed by atoms with Crippen molar-refractivity contribution in [2.24, 2.45) is 5.16 Å². The number of thioether (sulfide) groups is 1. The van der Waals surface area contributed by atoms with Crippen LogP contribution < -0.4 is 11.1 Å². The molecule has 2 aliphatic rings. The van der Waals surface area contributed by atoms with Gasteiger partial charge in [0, 0.05) is 10.8 Å². The van der Waals surface area contributed by atoms with Crippen molar-refractivity contribution in [2.45, 2.75) is 18.0 Å². The van der Waals surface area contributed by atoms with Gasteiger partial charge in [0.2, 0.25) is 0 Å². The zero-order chi connectivity index (χ0) is 22.8. The summed E-state index contributed by atoms with van der Waals surface area (Å²) in [6.07, 6.45) is 0. The van der Waals surface area contributed by atoms with Crippen LogP contribution in [-0.2, 0) is 30.6 Å². The van der Waals surface area contributed by atoms with E-state index in [9.17, 15) is 19.5 Å². The van der Waals surface area contributed by atoms with Gasteiger partial charge in [0.15, 0.2) is 16.5 Å². The van der Waals surface area contributed by atoms with Crippen LogP contribution in [0.4, 0.5) is 5.13 Å². The number of nitrogens with two attached hydrogens (primary N) is 1. The number of anilines is 1. The minimum Gasteiger partial charge on any atom is -0.488 e. The number of carbonyl (C=O) groups excluding carboxylic acids is 2. The maximum Gasteiger partial charge on any atom is 0.356 e. The van der Waals surface area contributed by atoms with E-state index in [-0.39, 0.29) is 40.4 Å². The van der Waals surface area contributed by atoms with Crippen molar-refractivity contribution < 1.29 is 29.1 Å². The highest BCUT2D eigenvalue weighted by Crippen LogP contribution is 2.40. The van der Waals surface area contributed by atoms with Gasteiger partial charge in [-0.25, -0.2) is 14.8 Å². The highest BCUT2D eigenvalue weighted by atomic mass is 32.2. The lowest BCUT2D eigenvalue weighted by Crippen LogP contribution is -2.71. The molecule has 1 saturated heterocycles. The van der Waals surface area contributed by atoms with Crippen molar-refractivity contribution in [3.63, 3.8) is 0 Å². The highest BCUT2D eigenvalue weighted by molar-refractivity contribution is 8.00. The van der Waals surface area contributed by atoms with E-state index in [1.165, 1.54) is 35.6 Å². The molecule has 0 spiro atoms. The first-order valence-electron chi connectivity index (χ1n) is 8.95. The number of oxime groups is 1. The number of aromatic nitrogens is 2. The van der Waals surface area contributed by atoms with Gasteiger partial charge in [-0.1, -0.05) is 5.16 Å². The van der Waals surface area contributed by atoms with E-state index in [0.29, 0.717) is 5.69 Å². The number of nitrogens with one attached hydrogen (secondary N) is 1. The Hall–Kier alpha value is -3.17. The lowest BCUT2D eigenvalue weighted by molar-refractivity contribution is -0.150. The van der Waals surface area contributed by atoms with Crippen LogP contribution in [0, 0.1) is 0 Å². The summed E-state index contributed by atoms with van der Waals surface area (Å²) in [6, 6.07) is -0.944. The van der Waals surface area contributed by atoms with Crippen molar-refractivity contribution in [2.75, 3.05) is 18.6 Å². The zero-order valence-electron chi connectivity index (χ0n) is 16.4. The molecule has 2 aromatic rings. The number of ether oxygens (including phenoxy) is 1. The average molecular weight is 497 g/mol. The summed E-state index contributed by atoms with van der Waals surface area (Å²) in [5, 5.41) is 18.9. The van der Waals surface area contributed by atoms with Crippen LogP contribution in [0.2, 0.25) is 0 Å². The smallest absolute Gasteiger partial charge is 0.356 e. The average Bonchev–Trinajstić information content (AvgIpc) is 3.45. The van der Waals surface area contributed by atoms with Gasteiger partial charge in [-0.15, -0.1) is 34.4 Å². The van der Waals surface area contributed by atoms with Gasteiger partial charge >= 0.3 is 5.97 Å². The molecule has 4 heterocycles. The van der Waals surface area contributed by atoms with E-state index in [1.54, 1.807) is 10.9 Å². The SMILES string of the molecule is CON=C(C(=O)N[C@@H]1C(=O)N2C(C(=O)O)=C(OCc3cscn3)CS[C@@H]12)c1csc(N)n1. The fraction of sp³-hybridized carbons (Fsp3) is 0.294. The largest absolute Gasteiger partial charge is 0.488 e. The van der Waals surface area contributed by atoms with Gasteiger partial charge in [0.25, 0.3) is 11.8 Å². The van der Waals surface area contributed by atoms with Crippen LogP contribution >= 0.6 is 34.4 Å². The van der Waals surface area contributed by atoms with Gasteiger partial charge in [0.05, 0.1) is 17.0 Å². The summed E-state index contributed by atoms with van der Waals surface area (Å²) in [7, 11) is 1.27. The molecule has 15 heteroatoms. The van der Waals surface area contributed by atoms with Crippen LogP contribution in [0.3, 0.4) is 0 Å². The number of aliphatic carboxylic acids is 1. The maximum absolute atomic E-state index is 12.8. The number of β-lactam (4-membered cyclic amide) rings is 1. The Balaban J connectivity index is 1.49. The van der Waals surface area contributed by atoms with E-state index in [1.807, 2.05) is 0 Å². The Morgan fingerprint density at radius 1 is 1.44 bits per heavy atom. The predicted molar refractivity (Wildman–Crippen MR) is 117 cm³/mol. The van der Waals surface area contributed by atoms with Crippen LogP contribution in [-0.4, -0.2) is 67.7 Å². The molecule has 4 rings (SSSR count). The van der Waals surface area contributed by atoms with E-state index in [4.69, 9.17) is 15.3 Å². The summed E-state index contributed by atoms with van der Waals surface area (Å²) >= 11 is 3.80. The van der Waals surface area contributed by atoms with Crippen LogP contribution in [0.1, 0.15) is 11.4 Å². The summed E-state index contributed by atoms with van der Waals surface area (Å²) in [6.45, 7) is 0.0939. The number of nitrogens with zero attached hydrogens (tertiary/aromatic N) is 4. The summed E-state index contributed by atoms with van der Waals surface area (Å²) in [5.41, 5.74) is 7.74. The normalized spacial score (nSPS) is 20.5. The van der Waals surface area contributed by atoms with Gasteiger partial charge in [-0.05, 0) is 0 Å². The number of amides is 2. The number of carboxylic acids is 1. The Kier molecular flexibility index (Phi) is 6.29. The van der Waals surface area contributed by atoms with Crippen LogP contribution in [0.25, 0.3) is 0 Å². The van der Waals surface area contributed by atoms with E-state index in [0.717, 1.165) is 16.2 Å². The van der Waals surface area contributed by atoms with Crippen molar-refractivity contribution >= 4 is 63.1 Å². The first kappa shape index (κ1) is 22.0. The van der Waals surface area contributed by atoms with Crippen molar-refractivity contribution in [3.8, 4) is 0 Å². The number of carbonyl (C=O) groups is 3. The van der Waals surface area contributed by atoms with Crippen molar-refractivity contribution in [1.29, 1.82) is 0 Å². The standard InChI is InChI=1S/C17H16N6O6S3/c1-28-22-10(8-4-32-17(18)20-8)13(24)21-11-14(25)23-12(16(26)27)9(5-31-15(11)23)29-2-7-3-30-6-19-7/h3-4,6,11,15H,2,5H2,1H3,(H2,18,20)(H,21,24)(H,26,27)/t11-,15+/m1/s1. The van der Waals surface area contributed by atoms with Gasteiger partial charge < -0.3 is 25.7 Å². The molecule has 2 aromatic heterocycles. The molecule has 0 saturated carbocycles. The molecule has 12 nitrogen and oxygen atoms in total. The highest BCUT2D eigenvalue weighted by Gasteiger charge is 2.55. The monoisotopic (exact) mass is 496 g/mol. The molecule has 0 aromatic carbocycles. The number of rotatable bonds is 8. The lowest BCUT2D eigenvalue weighted by Gasteiger charge is -2.48. The van der Waals surface area contributed by atoms with Gasteiger partial charge in [-0.3, -0.25) is 14.5 Å². The maximum atomic E-state index is 12.8. The number of nitrogen functional groups attached to an aromatic ring is 1. The Bertz CT molecular complexity index is 1110. The molecule has 0 aliphatic carbocycles. The minimum atomic E-state index is -1.29. The number of carboxylic acid groups (broad SMARTS) is 1. The molecule has 1 fully saturated rings. The van der Waals surface area contributed by atoms with E-state index < -0.39 is 29.2 Å². The predicted octanol–water partition coefficient (Wildman–Crippen LogP) is 0.445. The number of fused-ring (bicyclic) bond motifs is 1. The van der Waals surface area contributed by atoms with E-state index in [2.05, 4.69) is 20.4 Å². The Morgan fingerprint density at radius 2 is 2.25 bits per heavy atom. The number of hydrogen-bond donors (Lipinski definition) is 3. The minimum absolute atomic E-state index is 0.0939. The first-order valence-corrected chi connectivity index (χ1v) is 11.8. The van der Waals surface area contributed by atoms with Crippen LogP contribution in [0.5, 0.6) is 0 Å². The second-order valence-corrected chi connectivity index (χ2v) is 9.11. The third kappa shape index (κ3) is 4.13. The zero-order valence-corrected chi connectivity index (χ0v) is 18.8. The molecular weight excluding hydrogens is 480 g/mol. The molecule has 0 radical (unpaired) electrons. The van der Waals surface area contributed by atoms with Crippen molar-refractivity contribution in [3.05, 3.63) is 39.1 Å². The fourth-order valence-corrected chi connectivity index (χ4v) is 5.44. The molecule has 4 N–H and O–H groups in total. The molecule has 2 amide bonds. The second-order valence-electron chi connectivity index (χ2n) is 6.40. The topological polar surface area (TPSA) is 169 Å². The first-order chi connectivity index (χ1) is 15.4. The summed E-state index contributed by atoms with van der Waals surface area (Å²) in [4.78, 5) is 51.3. The molecule has 32 heavy (non-hydrogen) atoms. The Morgan fingerprint density at radius 3 is 2.88 bits per heavy atom. The van der Waals surface area contributed by atoms with Crippen LogP contribution in [0.15, 0.2) is 32.9 Å². The van der Waals surface area contributed by atoms with Gasteiger partial charge in [-0.2, -0.15) is 0 Å². The summed E-state index contributed by atoms with van der Waals surface area (Å²) in [5.74, 6) is -2.17. The molecular formula is C17H16N6O6S3. The quantitative estimate of drug-likeness (QED) is 0.265.